The fourth-order valence-corrected chi connectivity index (χ4v) is 3.99. The summed E-state index contributed by atoms with van der Waals surface area (Å²) < 4.78 is 19.0. The molecule has 1 aliphatic heterocycles. The van der Waals surface area contributed by atoms with Crippen molar-refractivity contribution in [2.75, 3.05) is 19.7 Å². The summed E-state index contributed by atoms with van der Waals surface area (Å²) in [5.41, 5.74) is 0.508. The highest BCUT2D eigenvalue weighted by molar-refractivity contribution is 6.31. The largest absolute Gasteiger partial charge is 0.492 e. The Kier molecular flexibility index (Phi) is 5.04. The molecule has 2 aromatic rings. The third-order valence-corrected chi connectivity index (χ3v) is 5.95. The Labute approximate surface area is 163 Å². The zero-order valence-electron chi connectivity index (χ0n) is 15.0. The molecule has 0 spiro atoms. The monoisotopic (exact) mass is 388 g/mol. The van der Waals surface area contributed by atoms with Gasteiger partial charge in [-0.2, -0.15) is 0 Å². The number of carbonyl (C=O) groups excluding carboxylic acids is 1. The lowest BCUT2D eigenvalue weighted by Crippen LogP contribution is -2.44. The highest BCUT2D eigenvalue weighted by atomic mass is 35.5. The Hall–Kier alpha value is -2.14. The van der Waals surface area contributed by atoms with Gasteiger partial charge >= 0.3 is 0 Å². The third-order valence-electron chi connectivity index (χ3n) is 5.67. The Morgan fingerprint density at radius 1 is 1.22 bits per heavy atom. The average Bonchev–Trinajstić information content (AvgIpc) is 3.50. The van der Waals surface area contributed by atoms with Gasteiger partial charge in [-0.15, -0.1) is 0 Å². The van der Waals surface area contributed by atoms with Crippen LogP contribution < -0.4 is 4.74 Å². The molecular weight excluding hydrogens is 367 g/mol. The van der Waals surface area contributed by atoms with Crippen molar-refractivity contribution >= 4 is 17.5 Å². The second-order valence-electron chi connectivity index (χ2n) is 7.44. The number of benzene rings is 1. The van der Waals surface area contributed by atoms with Gasteiger partial charge in [-0.25, -0.2) is 4.39 Å². The first-order valence-electron chi connectivity index (χ1n) is 9.36. The van der Waals surface area contributed by atoms with Gasteiger partial charge in [0.2, 0.25) is 5.91 Å². The highest BCUT2D eigenvalue weighted by Gasteiger charge is 2.53. The summed E-state index contributed by atoms with van der Waals surface area (Å²) in [6.45, 7) is 2.06. The molecule has 0 radical (unpaired) electrons. The molecule has 0 unspecified atom stereocenters. The molecule has 0 N–H and O–H groups in total. The van der Waals surface area contributed by atoms with Gasteiger partial charge in [0, 0.05) is 31.5 Å². The van der Waals surface area contributed by atoms with Gasteiger partial charge in [0.15, 0.2) is 0 Å². The first-order chi connectivity index (χ1) is 13.1. The Bertz CT molecular complexity index is 815. The SMILES string of the molecule is O=C(N1CCC(COc2ccncc2Cl)CC1)C1(c2ccc(F)cc2)CC1. The number of hydrogen-bond donors (Lipinski definition) is 0. The molecule has 1 aromatic carbocycles. The fourth-order valence-electron chi connectivity index (χ4n) is 3.81. The molecule has 1 aromatic heterocycles. The Morgan fingerprint density at radius 2 is 1.93 bits per heavy atom. The van der Waals surface area contributed by atoms with Crippen molar-refractivity contribution in [3.63, 3.8) is 0 Å². The minimum absolute atomic E-state index is 0.186. The van der Waals surface area contributed by atoms with E-state index >= 15 is 0 Å². The lowest BCUT2D eigenvalue weighted by molar-refractivity contribution is -0.135. The summed E-state index contributed by atoms with van der Waals surface area (Å²) in [6, 6.07) is 8.14. The van der Waals surface area contributed by atoms with E-state index in [1.165, 1.54) is 12.1 Å². The number of likely N-dealkylation sites (tertiary alicyclic amines) is 1. The Balaban J connectivity index is 1.32. The number of hydrogen-bond acceptors (Lipinski definition) is 3. The molecule has 0 bridgehead atoms. The first kappa shape index (κ1) is 18.2. The number of rotatable bonds is 5. The fraction of sp³-hybridized carbons (Fsp3) is 0.429. The van der Waals surface area contributed by atoms with Crippen molar-refractivity contribution in [3.05, 3.63) is 59.1 Å². The zero-order valence-corrected chi connectivity index (χ0v) is 15.8. The van der Waals surface area contributed by atoms with E-state index in [4.69, 9.17) is 16.3 Å². The third kappa shape index (κ3) is 3.79. The molecule has 1 saturated heterocycles. The number of ether oxygens (including phenoxy) is 1. The van der Waals surface area contributed by atoms with Crippen LogP contribution >= 0.6 is 11.6 Å². The summed E-state index contributed by atoms with van der Waals surface area (Å²) in [5.74, 6) is 0.973. The number of pyridine rings is 1. The van der Waals surface area contributed by atoms with E-state index in [1.807, 2.05) is 4.90 Å². The zero-order chi connectivity index (χ0) is 18.9. The van der Waals surface area contributed by atoms with Crippen LogP contribution in [0.15, 0.2) is 42.7 Å². The van der Waals surface area contributed by atoms with E-state index < -0.39 is 5.41 Å². The van der Waals surface area contributed by atoms with Crippen LogP contribution in [0.25, 0.3) is 0 Å². The summed E-state index contributed by atoms with van der Waals surface area (Å²) in [6.07, 6.45) is 6.75. The maximum Gasteiger partial charge on any atom is 0.233 e. The standard InChI is InChI=1S/C21H22ClFN2O2/c22-18-13-24-10-5-19(18)27-14-15-6-11-25(12-7-15)20(26)21(8-9-21)16-1-3-17(23)4-2-16/h1-5,10,13,15H,6-9,11-12,14H2. The normalized spacial score (nSPS) is 19.0. The molecule has 1 aliphatic carbocycles. The summed E-state index contributed by atoms with van der Waals surface area (Å²) >= 11 is 6.07. The molecule has 4 rings (SSSR count). The van der Waals surface area contributed by atoms with Crippen molar-refractivity contribution in [3.8, 4) is 5.75 Å². The lowest BCUT2D eigenvalue weighted by Gasteiger charge is -2.34. The van der Waals surface area contributed by atoms with Crippen LogP contribution in [0.4, 0.5) is 4.39 Å². The van der Waals surface area contributed by atoms with Crippen LogP contribution in [0.3, 0.4) is 0 Å². The van der Waals surface area contributed by atoms with Gasteiger partial charge in [0.05, 0.1) is 12.0 Å². The van der Waals surface area contributed by atoms with E-state index in [2.05, 4.69) is 4.98 Å². The minimum atomic E-state index is -0.429. The first-order valence-corrected chi connectivity index (χ1v) is 9.74. The van der Waals surface area contributed by atoms with Crippen molar-refractivity contribution in [1.29, 1.82) is 0 Å². The van der Waals surface area contributed by atoms with Crippen molar-refractivity contribution in [2.24, 2.45) is 5.92 Å². The average molecular weight is 389 g/mol. The van der Waals surface area contributed by atoms with Gasteiger partial charge in [0.25, 0.3) is 0 Å². The van der Waals surface area contributed by atoms with E-state index in [9.17, 15) is 9.18 Å². The maximum absolute atomic E-state index is 13.2. The van der Waals surface area contributed by atoms with E-state index in [1.54, 1.807) is 30.6 Å². The molecule has 142 valence electrons. The van der Waals surface area contributed by atoms with Gasteiger partial charge in [-0.3, -0.25) is 9.78 Å². The molecule has 1 saturated carbocycles. The molecule has 2 heterocycles. The van der Waals surface area contributed by atoms with Crippen LogP contribution in [0.2, 0.25) is 5.02 Å². The van der Waals surface area contributed by atoms with Crippen molar-refractivity contribution in [2.45, 2.75) is 31.1 Å². The van der Waals surface area contributed by atoms with E-state index in [0.717, 1.165) is 44.3 Å². The molecule has 0 atom stereocenters. The van der Waals surface area contributed by atoms with Crippen molar-refractivity contribution < 1.29 is 13.9 Å². The molecule has 27 heavy (non-hydrogen) atoms. The minimum Gasteiger partial charge on any atom is -0.492 e. The second-order valence-corrected chi connectivity index (χ2v) is 7.85. The van der Waals surface area contributed by atoms with E-state index in [-0.39, 0.29) is 11.7 Å². The van der Waals surface area contributed by atoms with Gasteiger partial charge in [-0.1, -0.05) is 23.7 Å². The van der Waals surface area contributed by atoms with Crippen LogP contribution in [-0.2, 0) is 10.2 Å². The summed E-state index contributed by atoms with van der Waals surface area (Å²) in [4.78, 5) is 19.0. The smallest absolute Gasteiger partial charge is 0.233 e. The maximum atomic E-state index is 13.2. The van der Waals surface area contributed by atoms with E-state index in [0.29, 0.717) is 23.3 Å². The topological polar surface area (TPSA) is 42.4 Å². The van der Waals surface area contributed by atoms with Crippen LogP contribution in [0, 0.1) is 11.7 Å². The van der Waals surface area contributed by atoms with Crippen LogP contribution in [0.5, 0.6) is 5.75 Å². The molecule has 2 aliphatic rings. The second kappa shape index (κ2) is 7.47. The predicted octanol–water partition coefficient (Wildman–Crippen LogP) is 4.22. The van der Waals surface area contributed by atoms with Crippen molar-refractivity contribution in [1.82, 2.24) is 9.88 Å². The molecule has 1 amide bonds. The molecular formula is C21H22ClFN2O2. The van der Waals surface area contributed by atoms with Gasteiger partial charge < -0.3 is 9.64 Å². The highest BCUT2D eigenvalue weighted by Crippen LogP contribution is 2.50. The summed E-state index contributed by atoms with van der Waals surface area (Å²) in [5, 5.41) is 0.514. The Morgan fingerprint density at radius 3 is 2.56 bits per heavy atom. The molecule has 2 fully saturated rings. The van der Waals surface area contributed by atoms with Crippen LogP contribution in [0.1, 0.15) is 31.2 Å². The number of nitrogens with zero attached hydrogens (tertiary/aromatic N) is 2. The number of halogens is 2. The molecule has 6 heteroatoms. The van der Waals surface area contributed by atoms with Crippen LogP contribution in [-0.4, -0.2) is 35.5 Å². The number of aromatic nitrogens is 1. The summed E-state index contributed by atoms with van der Waals surface area (Å²) in [7, 11) is 0. The van der Waals surface area contributed by atoms with Gasteiger partial charge in [0.1, 0.15) is 16.6 Å². The quantitative estimate of drug-likeness (QED) is 0.770. The molecule has 4 nitrogen and oxygen atoms in total. The number of amides is 1. The number of piperidine rings is 1. The number of carbonyl (C=O) groups is 1. The predicted molar refractivity (Wildman–Crippen MR) is 101 cm³/mol. The lowest BCUT2D eigenvalue weighted by atomic mass is 9.91. The van der Waals surface area contributed by atoms with Gasteiger partial charge in [-0.05, 0) is 49.3 Å².